The lowest BCUT2D eigenvalue weighted by molar-refractivity contribution is 1.45. The van der Waals surface area contributed by atoms with Crippen LogP contribution in [0.2, 0.25) is 0 Å². The molecule has 47 valence electrons. The molecule has 1 aromatic carbocycles. The average Bonchev–Trinajstić information content (AvgIpc) is 1.90. The van der Waals surface area contributed by atoms with Crippen LogP contribution < -0.4 is 0 Å². The maximum absolute atomic E-state index is 2.24. The number of aryl methyl sites for hydroxylation is 1. The van der Waals surface area contributed by atoms with Crippen molar-refractivity contribution in [1.29, 1.82) is 0 Å². The van der Waals surface area contributed by atoms with E-state index in [1.807, 2.05) is 0 Å². The van der Waals surface area contributed by atoms with Crippen molar-refractivity contribution in [3.8, 4) is 0 Å². The van der Waals surface area contributed by atoms with Crippen molar-refractivity contribution >= 4 is 22.6 Å². The molecule has 1 radical (unpaired) electrons. The van der Waals surface area contributed by atoms with Crippen molar-refractivity contribution in [3.63, 3.8) is 0 Å². The van der Waals surface area contributed by atoms with Gasteiger partial charge in [-0.25, -0.2) is 0 Å². The van der Waals surface area contributed by atoms with Crippen molar-refractivity contribution < 1.29 is 0 Å². The van der Waals surface area contributed by atoms with Crippen LogP contribution in [0.3, 0.4) is 0 Å². The molecule has 1 heteroatoms. The van der Waals surface area contributed by atoms with Gasteiger partial charge in [0.2, 0.25) is 0 Å². The first-order valence-corrected chi connectivity index (χ1v) is 4.07. The molecule has 9 heavy (non-hydrogen) atoms. The Morgan fingerprint density at radius 1 is 1.22 bits per heavy atom. The molecule has 0 spiro atoms. The van der Waals surface area contributed by atoms with Crippen LogP contribution in [0.4, 0.5) is 0 Å². The van der Waals surface area contributed by atoms with Gasteiger partial charge in [0.25, 0.3) is 0 Å². The van der Waals surface area contributed by atoms with Gasteiger partial charge >= 0.3 is 0 Å². The second kappa shape index (κ2) is 3.20. The van der Waals surface area contributed by atoms with Gasteiger partial charge in [0.1, 0.15) is 0 Å². The molecule has 1 rings (SSSR count). The van der Waals surface area contributed by atoms with Gasteiger partial charge in [0, 0.05) is 0 Å². The fourth-order valence-electron chi connectivity index (χ4n) is 0.639. The third-order valence-corrected chi connectivity index (χ3v) is 1.92. The van der Waals surface area contributed by atoms with Gasteiger partial charge in [-0.15, -0.1) is 0 Å². The minimum Gasteiger partial charge on any atom is -0.0759 e. The summed E-state index contributed by atoms with van der Waals surface area (Å²) in [4.78, 5) is 0. The molecule has 0 bridgehead atoms. The van der Waals surface area contributed by atoms with E-state index in [4.69, 9.17) is 0 Å². The van der Waals surface area contributed by atoms with Gasteiger partial charge in [-0.1, -0.05) is 52.4 Å². The molecule has 0 aliphatic rings. The average molecular weight is 231 g/mol. The van der Waals surface area contributed by atoms with E-state index in [1.165, 1.54) is 11.1 Å². The zero-order chi connectivity index (χ0) is 6.69. The van der Waals surface area contributed by atoms with E-state index in [2.05, 4.69) is 58.2 Å². The second-order valence-corrected chi connectivity index (χ2v) is 2.64. The third kappa shape index (κ3) is 1.97. The van der Waals surface area contributed by atoms with Crippen LogP contribution in [-0.2, 0) is 0 Å². The summed E-state index contributed by atoms with van der Waals surface area (Å²) in [5.41, 5.74) is 2.60. The lowest BCUT2D eigenvalue weighted by atomic mass is 10.2. The molecule has 0 N–H and O–H groups in total. The SMILES string of the molecule is Cc1ccc([CH]I)cc1. The first-order valence-electron chi connectivity index (χ1n) is 2.83. The summed E-state index contributed by atoms with van der Waals surface area (Å²) in [7, 11) is 0. The number of benzene rings is 1. The Kier molecular flexibility index (Phi) is 2.51. The predicted molar refractivity (Wildman–Crippen MR) is 48.6 cm³/mol. The summed E-state index contributed by atoms with van der Waals surface area (Å²) in [5.74, 6) is 0. The molecule has 0 aliphatic heterocycles. The molecular weight excluding hydrogens is 223 g/mol. The highest BCUT2D eigenvalue weighted by atomic mass is 127. The zero-order valence-electron chi connectivity index (χ0n) is 5.26. The topological polar surface area (TPSA) is 0 Å². The molecule has 0 amide bonds. The molecule has 0 nitrogen and oxygen atoms in total. The lowest BCUT2D eigenvalue weighted by Crippen LogP contribution is -1.73. The van der Waals surface area contributed by atoms with Crippen molar-refractivity contribution in [2.75, 3.05) is 0 Å². The molecule has 0 saturated carbocycles. The number of hydrogen-bond acceptors (Lipinski definition) is 0. The zero-order valence-corrected chi connectivity index (χ0v) is 7.42. The minimum absolute atomic E-state index is 1.28. The Hall–Kier alpha value is -0.0500. The van der Waals surface area contributed by atoms with Crippen LogP contribution in [0.25, 0.3) is 0 Å². The van der Waals surface area contributed by atoms with Gasteiger partial charge in [-0.3, -0.25) is 0 Å². The molecule has 0 fully saturated rings. The fourth-order valence-corrected chi connectivity index (χ4v) is 1.05. The van der Waals surface area contributed by atoms with E-state index in [0.717, 1.165) is 0 Å². The molecule has 0 unspecified atom stereocenters. The quantitative estimate of drug-likeness (QED) is 0.652. The minimum atomic E-state index is 1.28. The van der Waals surface area contributed by atoms with Gasteiger partial charge in [-0.05, 0) is 12.5 Å². The number of rotatable bonds is 1. The molecular formula is C8H8I. The van der Waals surface area contributed by atoms with Gasteiger partial charge < -0.3 is 0 Å². The van der Waals surface area contributed by atoms with Crippen LogP contribution in [0, 0.1) is 11.4 Å². The predicted octanol–water partition coefficient (Wildman–Crippen LogP) is 2.94. The Morgan fingerprint density at radius 2 is 1.78 bits per heavy atom. The van der Waals surface area contributed by atoms with Gasteiger partial charge in [-0.2, -0.15) is 0 Å². The summed E-state index contributed by atoms with van der Waals surface area (Å²) in [5, 5.41) is 0. The van der Waals surface area contributed by atoms with Crippen molar-refractivity contribution in [3.05, 3.63) is 39.8 Å². The summed E-state index contributed by atoms with van der Waals surface area (Å²) in [6.07, 6.45) is 0. The number of halogens is 1. The highest BCUT2D eigenvalue weighted by Gasteiger charge is 1.86. The summed E-state index contributed by atoms with van der Waals surface area (Å²) >= 11 is 2.24. The Morgan fingerprint density at radius 3 is 2.22 bits per heavy atom. The van der Waals surface area contributed by atoms with E-state index in [-0.39, 0.29) is 0 Å². The smallest absolute Gasteiger partial charge is 0.0518 e. The normalized spacial score (nSPS) is 9.56. The Labute approximate surface area is 69.4 Å². The molecule has 0 aliphatic carbocycles. The maximum Gasteiger partial charge on any atom is 0.0518 e. The van der Waals surface area contributed by atoms with Crippen LogP contribution in [-0.4, -0.2) is 0 Å². The van der Waals surface area contributed by atoms with Crippen LogP contribution in [0.1, 0.15) is 11.1 Å². The van der Waals surface area contributed by atoms with Gasteiger partial charge in [0.05, 0.1) is 4.43 Å². The monoisotopic (exact) mass is 231 g/mol. The van der Waals surface area contributed by atoms with E-state index in [1.54, 1.807) is 0 Å². The third-order valence-electron chi connectivity index (χ3n) is 1.20. The van der Waals surface area contributed by atoms with Crippen LogP contribution in [0.5, 0.6) is 0 Å². The summed E-state index contributed by atoms with van der Waals surface area (Å²) in [6, 6.07) is 8.46. The lowest BCUT2D eigenvalue weighted by Gasteiger charge is -1.93. The first-order chi connectivity index (χ1) is 4.33. The first kappa shape index (κ1) is 7.06. The summed E-state index contributed by atoms with van der Waals surface area (Å²) in [6.45, 7) is 2.09. The molecule has 0 heterocycles. The molecule has 0 saturated heterocycles. The van der Waals surface area contributed by atoms with Crippen LogP contribution >= 0.6 is 22.6 Å². The van der Waals surface area contributed by atoms with E-state index >= 15 is 0 Å². The molecule has 1 aromatic rings. The highest BCUT2D eigenvalue weighted by Crippen LogP contribution is 2.08. The number of hydrogen-bond donors (Lipinski definition) is 0. The van der Waals surface area contributed by atoms with Crippen molar-refractivity contribution in [2.45, 2.75) is 6.92 Å². The van der Waals surface area contributed by atoms with Crippen molar-refractivity contribution in [2.24, 2.45) is 0 Å². The van der Waals surface area contributed by atoms with E-state index < -0.39 is 0 Å². The fraction of sp³-hybridized carbons (Fsp3) is 0.125. The largest absolute Gasteiger partial charge is 0.0759 e. The highest BCUT2D eigenvalue weighted by molar-refractivity contribution is 14.1. The molecule has 0 aromatic heterocycles. The van der Waals surface area contributed by atoms with E-state index in [9.17, 15) is 0 Å². The van der Waals surface area contributed by atoms with E-state index in [0.29, 0.717) is 0 Å². The van der Waals surface area contributed by atoms with Gasteiger partial charge in [0.15, 0.2) is 0 Å². The maximum atomic E-state index is 2.24. The second-order valence-electron chi connectivity index (χ2n) is 2.02. The standard InChI is InChI=1S/C8H8I/c1-7-2-4-8(6-9)5-3-7/h2-6H,1H3. The van der Waals surface area contributed by atoms with Crippen LogP contribution in [0.15, 0.2) is 24.3 Å². The van der Waals surface area contributed by atoms with Crippen molar-refractivity contribution in [1.82, 2.24) is 0 Å². The Balaban J connectivity index is 2.88. The molecule has 0 atom stereocenters. The Bertz CT molecular complexity index is 176. The summed E-state index contributed by atoms with van der Waals surface area (Å²) < 4.78 is 2.07.